The maximum atomic E-state index is 5.91. The molecule has 5 heteroatoms. The van der Waals surface area contributed by atoms with E-state index in [1.54, 1.807) is 0 Å². The highest BCUT2D eigenvalue weighted by Gasteiger charge is 2.26. The van der Waals surface area contributed by atoms with Crippen molar-refractivity contribution in [2.45, 2.75) is 6.92 Å². The molecule has 2 aromatic rings. The van der Waals surface area contributed by atoms with E-state index in [9.17, 15) is 0 Å². The molecular formula is C17H17O4P. The molecule has 0 saturated carbocycles. The van der Waals surface area contributed by atoms with Crippen LogP contribution in [-0.2, 0) is 0 Å². The highest BCUT2D eigenvalue weighted by atomic mass is 31.0. The highest BCUT2D eigenvalue weighted by Crippen LogP contribution is 2.48. The van der Waals surface area contributed by atoms with E-state index >= 15 is 0 Å². The van der Waals surface area contributed by atoms with E-state index < -0.39 is 0 Å². The Morgan fingerprint density at radius 2 is 1.27 bits per heavy atom. The molecule has 22 heavy (non-hydrogen) atoms. The minimum atomic E-state index is 0.555. The maximum absolute atomic E-state index is 5.91. The molecule has 0 N–H and O–H groups in total. The van der Waals surface area contributed by atoms with Crippen LogP contribution in [0.5, 0.6) is 23.0 Å². The third kappa shape index (κ3) is 2.10. The van der Waals surface area contributed by atoms with Crippen molar-refractivity contribution in [2.75, 3.05) is 26.4 Å². The van der Waals surface area contributed by atoms with Crippen molar-refractivity contribution < 1.29 is 18.9 Å². The number of aryl methyl sites for hydroxylation is 1. The summed E-state index contributed by atoms with van der Waals surface area (Å²) in [6.07, 6.45) is 0. The van der Waals surface area contributed by atoms with Gasteiger partial charge in [-0.25, -0.2) is 0 Å². The Hall–Kier alpha value is -1.93. The van der Waals surface area contributed by atoms with Crippen LogP contribution in [0.3, 0.4) is 0 Å². The Labute approximate surface area is 131 Å². The summed E-state index contributed by atoms with van der Waals surface area (Å²) in [5.41, 5.74) is 3.14. The monoisotopic (exact) mass is 316 g/mol. The summed E-state index contributed by atoms with van der Waals surface area (Å²) < 4.78 is 23.2. The van der Waals surface area contributed by atoms with Crippen LogP contribution < -0.4 is 24.3 Å². The lowest BCUT2D eigenvalue weighted by atomic mass is 9.97. The lowest BCUT2D eigenvalue weighted by Crippen LogP contribution is -2.19. The fourth-order valence-electron chi connectivity index (χ4n) is 2.91. The SMILES string of the molecule is Cc1ccc2c(c1-c1c(P)ccc3c1OCCO3)OCCO2. The van der Waals surface area contributed by atoms with Crippen LogP contribution in [0.15, 0.2) is 24.3 Å². The van der Waals surface area contributed by atoms with Crippen molar-refractivity contribution in [3.05, 3.63) is 29.8 Å². The standard InChI is InChI=1S/C17H17O4P/c1-10-2-3-11-16(20-8-6-18-11)14(10)15-13(22)5-4-12-17(15)21-9-7-19-12/h2-5H,6-9,22H2,1H3. The normalized spacial score (nSPS) is 15.5. The second-order valence-corrected chi connectivity index (χ2v) is 5.96. The van der Waals surface area contributed by atoms with Gasteiger partial charge in [-0.1, -0.05) is 12.1 Å². The molecule has 0 aliphatic carbocycles. The number of rotatable bonds is 1. The average Bonchev–Trinajstić information content (AvgIpc) is 2.56. The molecule has 4 nitrogen and oxygen atoms in total. The molecule has 4 rings (SSSR count). The minimum absolute atomic E-state index is 0.555. The zero-order valence-electron chi connectivity index (χ0n) is 12.3. The molecule has 2 aromatic carbocycles. The van der Waals surface area contributed by atoms with Gasteiger partial charge in [-0.2, -0.15) is 0 Å². The molecule has 2 heterocycles. The zero-order valence-corrected chi connectivity index (χ0v) is 13.5. The molecule has 1 atom stereocenters. The van der Waals surface area contributed by atoms with Gasteiger partial charge in [0.2, 0.25) is 0 Å². The largest absolute Gasteiger partial charge is 0.486 e. The van der Waals surface area contributed by atoms with Crippen molar-refractivity contribution >= 4 is 14.5 Å². The maximum Gasteiger partial charge on any atom is 0.169 e. The van der Waals surface area contributed by atoms with Crippen molar-refractivity contribution in [3.8, 4) is 34.1 Å². The summed E-state index contributed by atoms with van der Waals surface area (Å²) in [6, 6.07) is 7.98. The number of ether oxygens (including phenoxy) is 4. The Morgan fingerprint density at radius 1 is 0.727 bits per heavy atom. The van der Waals surface area contributed by atoms with Crippen molar-refractivity contribution in [1.82, 2.24) is 0 Å². The van der Waals surface area contributed by atoms with Gasteiger partial charge >= 0.3 is 0 Å². The minimum Gasteiger partial charge on any atom is -0.486 e. The van der Waals surface area contributed by atoms with Gasteiger partial charge < -0.3 is 18.9 Å². The molecule has 0 saturated heterocycles. The third-order valence-corrected chi connectivity index (χ3v) is 4.39. The fourth-order valence-corrected chi connectivity index (χ4v) is 3.29. The van der Waals surface area contributed by atoms with Crippen LogP contribution in [0.4, 0.5) is 0 Å². The van der Waals surface area contributed by atoms with Crippen LogP contribution in [-0.4, -0.2) is 26.4 Å². The van der Waals surface area contributed by atoms with Gasteiger partial charge in [-0.05, 0) is 29.9 Å². The first-order valence-corrected chi connectivity index (χ1v) is 7.91. The first-order chi connectivity index (χ1) is 10.8. The van der Waals surface area contributed by atoms with E-state index in [1.165, 1.54) is 0 Å². The van der Waals surface area contributed by atoms with Crippen LogP contribution in [0.25, 0.3) is 11.1 Å². The zero-order chi connectivity index (χ0) is 15.1. The molecule has 0 bridgehead atoms. The average molecular weight is 316 g/mol. The predicted octanol–water partition coefficient (Wildman–Crippen LogP) is 2.70. The van der Waals surface area contributed by atoms with Gasteiger partial charge in [0.1, 0.15) is 26.4 Å². The first kappa shape index (κ1) is 13.7. The Bertz CT molecular complexity index is 678. The van der Waals surface area contributed by atoms with Crippen molar-refractivity contribution in [2.24, 2.45) is 0 Å². The van der Waals surface area contributed by atoms with Gasteiger partial charge in [0.25, 0.3) is 0 Å². The summed E-state index contributed by atoms with van der Waals surface area (Å²) in [5, 5.41) is 1.05. The van der Waals surface area contributed by atoms with Crippen molar-refractivity contribution in [3.63, 3.8) is 0 Å². The Balaban J connectivity index is 2.00. The highest BCUT2D eigenvalue weighted by molar-refractivity contribution is 7.28. The number of hydrogen-bond acceptors (Lipinski definition) is 4. The summed E-state index contributed by atoms with van der Waals surface area (Å²) >= 11 is 0. The van der Waals surface area contributed by atoms with Crippen molar-refractivity contribution in [1.29, 1.82) is 0 Å². The molecule has 2 aliphatic heterocycles. The number of fused-ring (bicyclic) bond motifs is 2. The summed E-state index contributed by atoms with van der Waals surface area (Å²) in [7, 11) is 2.77. The van der Waals surface area contributed by atoms with Gasteiger partial charge in [-0.15, -0.1) is 9.24 Å². The Kier molecular flexibility index (Phi) is 3.34. The second kappa shape index (κ2) is 5.36. The predicted molar refractivity (Wildman–Crippen MR) is 87.9 cm³/mol. The molecular weight excluding hydrogens is 299 g/mol. The molecule has 0 amide bonds. The summed E-state index contributed by atoms with van der Waals surface area (Å²) in [5.74, 6) is 3.13. The lowest BCUT2D eigenvalue weighted by Gasteiger charge is -2.26. The third-order valence-electron chi connectivity index (χ3n) is 3.91. The van der Waals surface area contributed by atoms with E-state index in [0.717, 1.165) is 45.0 Å². The molecule has 0 fully saturated rings. The molecule has 0 radical (unpaired) electrons. The van der Waals surface area contributed by atoms with E-state index in [2.05, 4.69) is 22.2 Å². The van der Waals surface area contributed by atoms with E-state index in [-0.39, 0.29) is 0 Å². The smallest absolute Gasteiger partial charge is 0.169 e. The van der Waals surface area contributed by atoms with E-state index in [1.807, 2.05) is 18.2 Å². The fraction of sp³-hybridized carbons (Fsp3) is 0.294. The quantitative estimate of drug-likeness (QED) is 0.758. The summed E-state index contributed by atoms with van der Waals surface area (Å²) in [6.45, 7) is 4.34. The number of hydrogen-bond donors (Lipinski definition) is 0. The van der Waals surface area contributed by atoms with Gasteiger partial charge in [0.15, 0.2) is 23.0 Å². The van der Waals surface area contributed by atoms with Crippen LogP contribution >= 0.6 is 9.24 Å². The molecule has 2 aliphatic rings. The molecule has 114 valence electrons. The van der Waals surface area contributed by atoms with Crippen LogP contribution in [0.1, 0.15) is 5.56 Å². The Morgan fingerprint density at radius 3 is 1.95 bits per heavy atom. The van der Waals surface area contributed by atoms with E-state index in [4.69, 9.17) is 18.9 Å². The topological polar surface area (TPSA) is 36.9 Å². The molecule has 0 aromatic heterocycles. The second-order valence-electron chi connectivity index (χ2n) is 5.34. The van der Waals surface area contributed by atoms with Crippen LogP contribution in [0.2, 0.25) is 0 Å². The van der Waals surface area contributed by atoms with Gasteiger partial charge in [0.05, 0.1) is 0 Å². The van der Waals surface area contributed by atoms with E-state index in [0.29, 0.717) is 26.4 Å². The van der Waals surface area contributed by atoms with Gasteiger partial charge in [-0.3, -0.25) is 0 Å². The number of benzene rings is 2. The summed E-state index contributed by atoms with van der Waals surface area (Å²) in [4.78, 5) is 0. The molecule has 0 spiro atoms. The van der Waals surface area contributed by atoms with Crippen LogP contribution in [0, 0.1) is 6.92 Å². The molecule has 1 unspecified atom stereocenters. The lowest BCUT2D eigenvalue weighted by molar-refractivity contribution is 0.169. The first-order valence-electron chi connectivity index (χ1n) is 7.33. The van der Waals surface area contributed by atoms with Gasteiger partial charge in [0, 0.05) is 11.1 Å².